The molecule has 8 nitrogen and oxygen atoms in total. The average molecular weight is 553 g/mol. The van der Waals surface area contributed by atoms with Gasteiger partial charge in [-0.15, -0.1) is 0 Å². The van der Waals surface area contributed by atoms with Crippen molar-refractivity contribution in [2.45, 2.75) is 55.9 Å². The zero-order valence-electron chi connectivity index (χ0n) is 20.5. The molecule has 1 aliphatic heterocycles. The number of halogens is 5. The summed E-state index contributed by atoms with van der Waals surface area (Å²) in [6.07, 6.45) is 0.539. The highest BCUT2D eigenvalue weighted by Gasteiger charge is 2.65. The van der Waals surface area contributed by atoms with E-state index in [1.807, 2.05) is 0 Å². The summed E-state index contributed by atoms with van der Waals surface area (Å²) in [4.78, 5) is 19.7. The van der Waals surface area contributed by atoms with Crippen molar-refractivity contribution in [3.8, 4) is 0 Å². The van der Waals surface area contributed by atoms with Crippen LogP contribution < -0.4 is 10.6 Å². The maximum atomic E-state index is 13.4. The van der Waals surface area contributed by atoms with E-state index in [9.17, 15) is 24.2 Å². The molecule has 2 heterocycles. The van der Waals surface area contributed by atoms with Gasteiger partial charge in [-0.1, -0.05) is 31.6 Å². The Morgan fingerprint density at radius 3 is 2.46 bits per heavy atom. The summed E-state index contributed by atoms with van der Waals surface area (Å²) in [6, 6.07) is 2.15. The van der Waals surface area contributed by atoms with Crippen molar-refractivity contribution in [2.24, 2.45) is 0 Å². The van der Waals surface area contributed by atoms with Gasteiger partial charge >= 0.3 is 10.2 Å². The van der Waals surface area contributed by atoms with Gasteiger partial charge in [0.25, 0.3) is 0 Å². The highest BCUT2D eigenvalue weighted by Crippen LogP contribution is 3.02. The number of carbonyl (C=O) groups is 1. The molecule has 2 N–H and O–H groups in total. The van der Waals surface area contributed by atoms with Crippen LogP contribution in [-0.4, -0.2) is 48.3 Å². The summed E-state index contributed by atoms with van der Waals surface area (Å²) in [6.45, 7) is 4.05. The molecule has 1 saturated heterocycles. The van der Waals surface area contributed by atoms with E-state index >= 15 is 0 Å². The molecule has 0 bridgehead atoms. The average Bonchev–Trinajstić information content (AvgIpc) is 3.30. The molecule has 2 aromatic rings. The molecular weight excluding hydrogens is 523 g/mol. The largest absolute Gasteiger partial charge is 0.382 e. The number of methoxy groups -OCH3 is 1. The normalized spacial score (nSPS) is 20.1. The second-order valence-corrected chi connectivity index (χ2v) is 11.8. The van der Waals surface area contributed by atoms with Gasteiger partial charge in [-0.2, -0.15) is 0 Å². The Morgan fingerprint density at radius 2 is 1.86 bits per heavy atom. The first-order valence-electron chi connectivity index (χ1n) is 11.6. The number of hydrogen-bond donors (Lipinski definition) is 2. The topological polar surface area (TPSA) is 94.6 Å². The van der Waals surface area contributed by atoms with Crippen molar-refractivity contribution in [3.05, 3.63) is 46.9 Å². The molecule has 2 aliphatic rings. The predicted molar refractivity (Wildman–Crippen MR) is 127 cm³/mol. The highest BCUT2D eigenvalue weighted by molar-refractivity contribution is 8.45. The maximum absolute atomic E-state index is 13.4. The molecule has 2 fully saturated rings. The molecule has 14 heteroatoms. The molecule has 206 valence electrons. The number of aromatic nitrogens is 2. The molecule has 1 aliphatic carbocycles. The van der Waals surface area contributed by atoms with Crippen molar-refractivity contribution >= 4 is 21.9 Å². The Labute approximate surface area is 211 Å². The van der Waals surface area contributed by atoms with Gasteiger partial charge < -0.3 is 24.8 Å². The molecule has 0 spiro atoms. The first kappa shape index (κ1) is 27.5. The van der Waals surface area contributed by atoms with Crippen LogP contribution in [0.5, 0.6) is 0 Å². The van der Waals surface area contributed by atoms with Gasteiger partial charge in [0.15, 0.2) is 6.29 Å². The number of benzene rings is 1. The van der Waals surface area contributed by atoms with Gasteiger partial charge in [-0.25, -0.2) is 9.97 Å². The van der Waals surface area contributed by atoms with Crippen molar-refractivity contribution in [2.75, 3.05) is 32.2 Å². The SMILES string of the molecule is COCC1(NC(=O)Cc2nc(C)nc(NC(C)c3cccc(S(F)(F)(F)(F)F)c3)c2C2OCCO2)CC1. The monoisotopic (exact) mass is 552 g/mol. The molecule has 37 heavy (non-hydrogen) atoms. The van der Waals surface area contributed by atoms with Crippen LogP contribution in [-0.2, 0) is 25.4 Å². The van der Waals surface area contributed by atoms with Gasteiger partial charge in [-0.3, -0.25) is 4.79 Å². The van der Waals surface area contributed by atoms with Crippen molar-refractivity contribution in [1.82, 2.24) is 15.3 Å². The Balaban J connectivity index is 1.64. The van der Waals surface area contributed by atoms with Crippen molar-refractivity contribution in [3.63, 3.8) is 0 Å². The number of amides is 1. The fourth-order valence-corrected chi connectivity index (χ4v) is 4.89. The standard InChI is InChI=1S/C23H29F5N4O4S/c1-14(16-5-4-6-17(11-16)37(24,25,26,27)28)29-21-20(22-35-9-10-36-22)18(30-15(2)31-21)12-19(33)32-23(7-8-23)13-34-3/h4-6,11,14,22H,7-10,12-13H2,1-3H3,(H,32,33)(H,29,30,31). The second-order valence-electron chi connectivity index (χ2n) is 9.40. The first-order valence-corrected chi connectivity index (χ1v) is 13.6. The summed E-state index contributed by atoms with van der Waals surface area (Å²) >= 11 is 0. The lowest BCUT2D eigenvalue weighted by Crippen LogP contribution is -2.41. The minimum Gasteiger partial charge on any atom is -0.382 e. The molecule has 1 saturated carbocycles. The van der Waals surface area contributed by atoms with Gasteiger partial charge in [-0.05, 0) is 44.4 Å². The molecule has 1 aromatic heterocycles. The lowest BCUT2D eigenvalue weighted by atomic mass is 10.1. The number of nitrogens with zero attached hydrogens (tertiary/aromatic N) is 2. The third-order valence-corrected chi connectivity index (χ3v) is 7.30. The summed E-state index contributed by atoms with van der Waals surface area (Å²) in [5, 5.41) is 5.95. The van der Waals surface area contributed by atoms with Crippen molar-refractivity contribution < 1.29 is 38.4 Å². The number of carbonyl (C=O) groups excluding carboxylic acids is 1. The van der Waals surface area contributed by atoms with Crippen LogP contribution >= 0.6 is 10.2 Å². The molecular formula is C23H29F5N4O4S. The Bertz CT molecular complexity index is 1190. The van der Waals surface area contributed by atoms with Gasteiger partial charge in [0, 0.05) is 13.2 Å². The molecule has 0 radical (unpaired) electrons. The lowest BCUT2D eigenvalue weighted by molar-refractivity contribution is -0.122. The third kappa shape index (κ3) is 6.67. The van der Waals surface area contributed by atoms with E-state index in [-0.39, 0.29) is 42.7 Å². The summed E-state index contributed by atoms with van der Waals surface area (Å²) in [5.41, 5.74) is 0.208. The smallest absolute Gasteiger partial charge is 0.310 e. The number of hydrogen-bond acceptors (Lipinski definition) is 7. The zero-order chi connectivity index (χ0) is 27.1. The Kier molecular flexibility index (Phi) is 6.71. The fourth-order valence-electron chi connectivity index (χ4n) is 4.19. The van der Waals surface area contributed by atoms with Crippen LogP contribution in [0.2, 0.25) is 0 Å². The van der Waals surface area contributed by atoms with Crippen LogP contribution in [0.25, 0.3) is 0 Å². The first-order chi connectivity index (χ1) is 17.1. The Hall–Kier alpha value is -2.55. The van der Waals surface area contributed by atoms with Crippen LogP contribution in [0.15, 0.2) is 29.2 Å². The molecule has 1 aromatic carbocycles. The third-order valence-electron chi connectivity index (χ3n) is 6.16. The van der Waals surface area contributed by atoms with E-state index in [4.69, 9.17) is 14.2 Å². The quantitative estimate of drug-likeness (QED) is 0.376. The number of nitrogens with one attached hydrogen (secondary N) is 2. The number of ether oxygens (including phenoxy) is 3. The molecule has 1 atom stereocenters. The molecule has 1 amide bonds. The summed E-state index contributed by atoms with van der Waals surface area (Å²) in [5.74, 6) is 0.165. The highest BCUT2D eigenvalue weighted by atomic mass is 32.5. The molecule has 1 unspecified atom stereocenters. The van der Waals surface area contributed by atoms with E-state index in [1.54, 1.807) is 14.0 Å². The van der Waals surface area contributed by atoms with Crippen LogP contribution in [0.3, 0.4) is 0 Å². The maximum Gasteiger partial charge on any atom is 0.310 e. The van der Waals surface area contributed by atoms with Gasteiger partial charge in [0.05, 0.1) is 43.0 Å². The van der Waals surface area contributed by atoms with E-state index in [0.29, 0.717) is 30.0 Å². The number of anilines is 1. The minimum atomic E-state index is -9.86. The Morgan fingerprint density at radius 1 is 1.19 bits per heavy atom. The minimum absolute atomic E-state index is 0.0317. The second kappa shape index (κ2) is 9.03. The number of rotatable bonds is 10. The van der Waals surface area contributed by atoms with Crippen LogP contribution in [0, 0.1) is 6.92 Å². The summed E-state index contributed by atoms with van der Waals surface area (Å²) in [7, 11) is -8.30. The predicted octanol–water partition coefficient (Wildman–Crippen LogP) is 5.50. The van der Waals surface area contributed by atoms with Crippen LogP contribution in [0.1, 0.15) is 54.7 Å². The van der Waals surface area contributed by atoms with Gasteiger partial charge in [0.2, 0.25) is 5.91 Å². The van der Waals surface area contributed by atoms with E-state index < -0.39 is 33.0 Å². The fraction of sp³-hybridized carbons (Fsp3) is 0.522. The van der Waals surface area contributed by atoms with Crippen LogP contribution in [0.4, 0.5) is 25.2 Å². The number of aryl methyl sites for hydroxylation is 1. The van der Waals surface area contributed by atoms with Gasteiger partial charge in [0.1, 0.15) is 16.5 Å². The lowest BCUT2D eigenvalue weighted by Gasteiger charge is -2.40. The van der Waals surface area contributed by atoms with E-state index in [2.05, 4.69) is 20.6 Å². The zero-order valence-corrected chi connectivity index (χ0v) is 21.3. The summed E-state index contributed by atoms with van der Waals surface area (Å²) < 4.78 is 83.3. The molecule has 4 rings (SSSR count). The van der Waals surface area contributed by atoms with E-state index in [0.717, 1.165) is 18.9 Å². The van der Waals surface area contributed by atoms with E-state index in [1.165, 1.54) is 13.0 Å². The van der Waals surface area contributed by atoms with Crippen molar-refractivity contribution in [1.29, 1.82) is 0 Å².